The standard InChI is InChI=1S/C17H17N7OS/c1-11-12(2)26-17(24-10-20-21-22-24)15(11)16(25)18-7-8-23-9-19-13-5-3-4-6-14(13)23/h3-6,9-10H,7-8H2,1-2H3,(H,18,25). The van der Waals surface area contributed by atoms with Crippen LogP contribution in [0.1, 0.15) is 20.8 Å². The fourth-order valence-electron chi connectivity index (χ4n) is 2.86. The van der Waals surface area contributed by atoms with Gasteiger partial charge in [-0.3, -0.25) is 4.79 Å². The summed E-state index contributed by atoms with van der Waals surface area (Å²) in [7, 11) is 0. The van der Waals surface area contributed by atoms with E-state index in [1.165, 1.54) is 22.3 Å². The molecule has 3 aromatic heterocycles. The molecule has 0 unspecified atom stereocenters. The van der Waals surface area contributed by atoms with Crippen molar-refractivity contribution in [2.24, 2.45) is 0 Å². The number of hydrogen-bond acceptors (Lipinski definition) is 6. The molecule has 0 bridgehead atoms. The quantitative estimate of drug-likeness (QED) is 0.583. The number of nitrogens with one attached hydrogen (secondary N) is 1. The smallest absolute Gasteiger partial charge is 0.254 e. The highest BCUT2D eigenvalue weighted by Crippen LogP contribution is 2.30. The Morgan fingerprint density at radius 3 is 2.88 bits per heavy atom. The number of aryl methyl sites for hydroxylation is 1. The number of imidazole rings is 1. The topological polar surface area (TPSA) is 90.5 Å². The van der Waals surface area contributed by atoms with Crippen molar-refractivity contribution in [1.29, 1.82) is 0 Å². The molecule has 26 heavy (non-hydrogen) atoms. The Morgan fingerprint density at radius 2 is 2.08 bits per heavy atom. The molecule has 0 aliphatic heterocycles. The minimum absolute atomic E-state index is 0.123. The van der Waals surface area contributed by atoms with Crippen molar-refractivity contribution in [3.05, 3.63) is 52.9 Å². The number of fused-ring (bicyclic) bond motifs is 1. The van der Waals surface area contributed by atoms with Crippen LogP contribution in [0, 0.1) is 13.8 Å². The van der Waals surface area contributed by atoms with Gasteiger partial charge >= 0.3 is 0 Å². The van der Waals surface area contributed by atoms with Crippen LogP contribution in [0.3, 0.4) is 0 Å². The van der Waals surface area contributed by atoms with Crippen LogP contribution in [0.4, 0.5) is 0 Å². The van der Waals surface area contributed by atoms with E-state index < -0.39 is 0 Å². The van der Waals surface area contributed by atoms with E-state index in [2.05, 4.69) is 25.8 Å². The van der Waals surface area contributed by atoms with Gasteiger partial charge in [-0.2, -0.15) is 4.68 Å². The summed E-state index contributed by atoms with van der Waals surface area (Å²) < 4.78 is 3.56. The summed E-state index contributed by atoms with van der Waals surface area (Å²) in [5.41, 5.74) is 3.57. The maximum atomic E-state index is 12.8. The molecule has 0 aliphatic rings. The van der Waals surface area contributed by atoms with E-state index in [0.717, 1.165) is 26.5 Å². The molecule has 4 aromatic rings. The second-order valence-corrected chi connectivity index (χ2v) is 7.10. The van der Waals surface area contributed by atoms with Crippen molar-refractivity contribution in [1.82, 2.24) is 35.1 Å². The number of nitrogens with zero attached hydrogens (tertiary/aromatic N) is 6. The van der Waals surface area contributed by atoms with Gasteiger partial charge in [0.05, 0.1) is 22.9 Å². The lowest BCUT2D eigenvalue weighted by molar-refractivity contribution is 0.0952. The molecule has 0 spiro atoms. The Morgan fingerprint density at radius 1 is 1.23 bits per heavy atom. The zero-order valence-electron chi connectivity index (χ0n) is 14.4. The van der Waals surface area contributed by atoms with Crippen molar-refractivity contribution in [3.8, 4) is 5.00 Å². The van der Waals surface area contributed by atoms with E-state index in [4.69, 9.17) is 0 Å². The molecule has 0 saturated carbocycles. The van der Waals surface area contributed by atoms with Crippen LogP contribution in [0.25, 0.3) is 16.0 Å². The normalized spacial score (nSPS) is 11.2. The van der Waals surface area contributed by atoms with E-state index in [-0.39, 0.29) is 5.91 Å². The number of carbonyl (C=O) groups excluding carboxylic acids is 1. The molecular weight excluding hydrogens is 350 g/mol. The molecule has 9 heteroatoms. The molecule has 0 aliphatic carbocycles. The number of carbonyl (C=O) groups is 1. The highest BCUT2D eigenvalue weighted by atomic mass is 32.1. The lowest BCUT2D eigenvalue weighted by Gasteiger charge is -2.08. The number of para-hydroxylation sites is 2. The zero-order valence-corrected chi connectivity index (χ0v) is 15.2. The molecule has 3 heterocycles. The zero-order chi connectivity index (χ0) is 18.1. The van der Waals surface area contributed by atoms with Crippen LogP contribution in [-0.2, 0) is 6.54 Å². The molecule has 4 rings (SSSR count). The number of aromatic nitrogens is 6. The fourth-order valence-corrected chi connectivity index (χ4v) is 3.93. The van der Waals surface area contributed by atoms with Crippen LogP contribution in [-0.4, -0.2) is 42.2 Å². The predicted molar refractivity (Wildman–Crippen MR) is 98.6 cm³/mol. The van der Waals surface area contributed by atoms with Gasteiger partial charge in [0, 0.05) is 18.0 Å². The van der Waals surface area contributed by atoms with Crippen LogP contribution in [0.5, 0.6) is 0 Å². The maximum Gasteiger partial charge on any atom is 0.254 e. The SMILES string of the molecule is Cc1sc(-n2cnnn2)c(C(=O)NCCn2cnc3ccccc32)c1C. The highest BCUT2D eigenvalue weighted by molar-refractivity contribution is 7.15. The number of thiophene rings is 1. The Labute approximate surface area is 153 Å². The minimum Gasteiger partial charge on any atom is -0.350 e. The van der Waals surface area contributed by atoms with Gasteiger partial charge < -0.3 is 9.88 Å². The first kappa shape index (κ1) is 16.4. The summed E-state index contributed by atoms with van der Waals surface area (Å²) in [5.74, 6) is -0.123. The third kappa shape index (κ3) is 2.86. The Hall–Kier alpha value is -3.07. The first-order valence-electron chi connectivity index (χ1n) is 8.16. The van der Waals surface area contributed by atoms with Gasteiger partial charge in [-0.1, -0.05) is 12.1 Å². The molecule has 1 N–H and O–H groups in total. The van der Waals surface area contributed by atoms with Gasteiger partial charge in [0.2, 0.25) is 0 Å². The summed E-state index contributed by atoms with van der Waals surface area (Å²) in [4.78, 5) is 18.2. The number of tetrazole rings is 1. The third-order valence-corrected chi connectivity index (χ3v) is 5.51. The van der Waals surface area contributed by atoms with Crippen molar-refractivity contribution in [2.45, 2.75) is 20.4 Å². The van der Waals surface area contributed by atoms with Crippen LogP contribution in [0.15, 0.2) is 36.9 Å². The van der Waals surface area contributed by atoms with Crippen LogP contribution < -0.4 is 5.32 Å². The predicted octanol–water partition coefficient (Wildman–Crippen LogP) is 2.12. The fraction of sp³-hybridized carbons (Fsp3) is 0.235. The molecule has 132 valence electrons. The number of benzene rings is 1. The van der Waals surface area contributed by atoms with Gasteiger partial charge in [-0.05, 0) is 42.0 Å². The van der Waals surface area contributed by atoms with Crippen molar-refractivity contribution in [2.75, 3.05) is 6.54 Å². The highest BCUT2D eigenvalue weighted by Gasteiger charge is 2.21. The third-order valence-electron chi connectivity index (χ3n) is 4.32. The second-order valence-electron chi connectivity index (χ2n) is 5.90. The van der Waals surface area contributed by atoms with Crippen LogP contribution >= 0.6 is 11.3 Å². The molecule has 0 radical (unpaired) electrons. The average molecular weight is 367 g/mol. The minimum atomic E-state index is -0.123. The van der Waals surface area contributed by atoms with Crippen molar-refractivity contribution in [3.63, 3.8) is 0 Å². The summed E-state index contributed by atoms with van der Waals surface area (Å²) >= 11 is 1.50. The number of rotatable bonds is 5. The largest absolute Gasteiger partial charge is 0.350 e. The van der Waals surface area contributed by atoms with E-state index >= 15 is 0 Å². The Kier molecular flexibility index (Phi) is 4.21. The van der Waals surface area contributed by atoms with Gasteiger partial charge in [-0.15, -0.1) is 16.4 Å². The molecule has 8 nitrogen and oxygen atoms in total. The van der Waals surface area contributed by atoms with Crippen molar-refractivity contribution < 1.29 is 4.79 Å². The summed E-state index contributed by atoms with van der Waals surface area (Å²) in [6.07, 6.45) is 3.29. The lowest BCUT2D eigenvalue weighted by Crippen LogP contribution is -2.28. The molecule has 0 saturated heterocycles. The van der Waals surface area contributed by atoms with Gasteiger partial charge in [0.15, 0.2) is 0 Å². The average Bonchev–Trinajstić information content (AvgIpc) is 3.36. The van der Waals surface area contributed by atoms with Gasteiger partial charge in [0.25, 0.3) is 5.91 Å². The number of amides is 1. The van der Waals surface area contributed by atoms with E-state index in [1.54, 1.807) is 6.33 Å². The lowest BCUT2D eigenvalue weighted by atomic mass is 10.1. The monoisotopic (exact) mass is 367 g/mol. The molecule has 1 amide bonds. The van der Waals surface area contributed by atoms with Gasteiger partial charge in [0.1, 0.15) is 11.3 Å². The Bertz CT molecular complexity index is 1060. The van der Waals surface area contributed by atoms with E-state index in [0.29, 0.717) is 18.7 Å². The van der Waals surface area contributed by atoms with Crippen molar-refractivity contribution >= 4 is 28.3 Å². The molecule has 0 atom stereocenters. The molecule has 0 fully saturated rings. The molecule has 1 aromatic carbocycles. The van der Waals surface area contributed by atoms with Crippen LogP contribution in [0.2, 0.25) is 0 Å². The summed E-state index contributed by atoms with van der Waals surface area (Å²) in [5, 5.41) is 15.0. The summed E-state index contributed by atoms with van der Waals surface area (Å²) in [6, 6.07) is 7.94. The van der Waals surface area contributed by atoms with E-state index in [9.17, 15) is 4.79 Å². The number of hydrogen-bond donors (Lipinski definition) is 1. The van der Waals surface area contributed by atoms with Gasteiger partial charge in [-0.25, -0.2) is 4.98 Å². The first-order chi connectivity index (χ1) is 12.6. The first-order valence-corrected chi connectivity index (χ1v) is 8.98. The second kappa shape index (κ2) is 6.68. The Balaban J connectivity index is 1.51. The summed E-state index contributed by atoms with van der Waals surface area (Å²) in [6.45, 7) is 5.08. The van der Waals surface area contributed by atoms with E-state index in [1.807, 2.05) is 42.7 Å². The maximum absolute atomic E-state index is 12.8. The molecular formula is C17H17N7OS.